The zero-order chi connectivity index (χ0) is 22.0. The molecule has 1 aliphatic rings. The van der Waals surface area contributed by atoms with Gasteiger partial charge in [-0.3, -0.25) is 4.79 Å². The number of amides is 3. The Morgan fingerprint density at radius 2 is 1.59 bits per heavy atom. The maximum Gasteiger partial charge on any atom is 0.463 e. The van der Waals surface area contributed by atoms with Crippen molar-refractivity contribution in [3.63, 3.8) is 0 Å². The molecule has 1 atom stereocenters. The predicted molar refractivity (Wildman–Crippen MR) is 84.2 cm³/mol. The summed E-state index contributed by atoms with van der Waals surface area (Å²) in [5.74, 6) is -8.55. The summed E-state index contributed by atoms with van der Waals surface area (Å²) in [5.41, 5.74) is -0.812. The van der Waals surface area contributed by atoms with Gasteiger partial charge in [0.15, 0.2) is 0 Å². The average molecular weight is 433 g/mol. The normalized spacial score (nSPS) is 17.9. The molecule has 5 nitrogen and oxygen atoms in total. The molecule has 162 valence electrons. The number of nitrogens with zero attached hydrogens (tertiary/aromatic N) is 1. The van der Waals surface area contributed by atoms with Crippen LogP contribution in [-0.4, -0.2) is 48.6 Å². The number of urea groups is 1. The quantitative estimate of drug-likeness (QED) is 0.709. The predicted octanol–water partition coefficient (Wildman–Crippen LogP) is 3.87. The Labute approximate surface area is 159 Å². The molecule has 0 radical (unpaired) electrons. The summed E-state index contributed by atoms with van der Waals surface area (Å²) in [5, 5.41) is 3.88. The molecule has 1 unspecified atom stereocenters. The molecular formula is C16H15F8N3O2. The van der Waals surface area contributed by atoms with E-state index in [-0.39, 0.29) is 25.2 Å². The van der Waals surface area contributed by atoms with Crippen LogP contribution in [0.2, 0.25) is 0 Å². The Morgan fingerprint density at radius 3 is 2.10 bits per heavy atom. The Hall–Kier alpha value is -2.60. The van der Waals surface area contributed by atoms with Crippen LogP contribution in [0, 0.1) is 5.92 Å². The molecule has 1 aromatic carbocycles. The van der Waals surface area contributed by atoms with Gasteiger partial charge in [0.25, 0.3) is 5.91 Å². The van der Waals surface area contributed by atoms with Crippen LogP contribution in [0.25, 0.3) is 0 Å². The molecule has 0 aliphatic carbocycles. The van der Waals surface area contributed by atoms with E-state index in [2.05, 4.69) is 5.32 Å². The Balaban J connectivity index is 1.84. The van der Waals surface area contributed by atoms with Crippen LogP contribution in [0.15, 0.2) is 24.3 Å². The molecule has 1 heterocycles. The number of hydrogen-bond donors (Lipinski definition) is 2. The van der Waals surface area contributed by atoms with Gasteiger partial charge in [0.1, 0.15) is 0 Å². The molecule has 3 amide bonds. The van der Waals surface area contributed by atoms with E-state index in [0.717, 1.165) is 24.3 Å². The van der Waals surface area contributed by atoms with Crippen molar-refractivity contribution in [2.24, 2.45) is 5.92 Å². The molecule has 1 fully saturated rings. The highest BCUT2D eigenvalue weighted by atomic mass is 19.4. The molecular weight excluding hydrogens is 418 g/mol. The third-order valence-electron chi connectivity index (χ3n) is 4.23. The highest BCUT2D eigenvalue weighted by Crippen LogP contribution is 2.35. The van der Waals surface area contributed by atoms with E-state index < -0.39 is 48.2 Å². The van der Waals surface area contributed by atoms with E-state index >= 15 is 0 Å². The number of rotatable bonds is 4. The Bertz CT molecular complexity index is 746. The van der Waals surface area contributed by atoms with E-state index in [1.54, 1.807) is 0 Å². The van der Waals surface area contributed by atoms with Crippen molar-refractivity contribution in [2.75, 3.05) is 25.0 Å². The van der Waals surface area contributed by atoms with Crippen LogP contribution >= 0.6 is 0 Å². The molecule has 0 spiro atoms. The van der Waals surface area contributed by atoms with Gasteiger partial charge in [0, 0.05) is 25.3 Å². The van der Waals surface area contributed by atoms with Crippen LogP contribution in [0.4, 0.5) is 45.6 Å². The smallest absolute Gasteiger partial charge is 0.350 e. The van der Waals surface area contributed by atoms with Crippen LogP contribution in [-0.2, 0) is 11.0 Å². The number of likely N-dealkylation sites (tertiary alicyclic amines) is 1. The lowest BCUT2D eigenvalue weighted by molar-refractivity contribution is -0.269. The zero-order valence-corrected chi connectivity index (χ0v) is 14.5. The van der Waals surface area contributed by atoms with Crippen LogP contribution in [0.3, 0.4) is 0 Å². The summed E-state index contributed by atoms with van der Waals surface area (Å²) in [6, 6.07) is 2.97. The highest BCUT2D eigenvalue weighted by molar-refractivity contribution is 5.89. The minimum atomic E-state index is -6.01. The van der Waals surface area contributed by atoms with Gasteiger partial charge in [-0.2, -0.15) is 35.1 Å². The first-order valence-electron chi connectivity index (χ1n) is 8.18. The summed E-state index contributed by atoms with van der Waals surface area (Å²) in [4.78, 5) is 24.4. The molecule has 1 aliphatic heterocycles. The third-order valence-corrected chi connectivity index (χ3v) is 4.23. The van der Waals surface area contributed by atoms with E-state index in [4.69, 9.17) is 0 Å². The lowest BCUT2D eigenvalue weighted by Gasteiger charge is -2.20. The monoisotopic (exact) mass is 433 g/mol. The minimum absolute atomic E-state index is 0.0374. The summed E-state index contributed by atoms with van der Waals surface area (Å²) < 4.78 is 99.6. The summed E-state index contributed by atoms with van der Waals surface area (Å²) in [7, 11) is 0. The Kier molecular flexibility index (Phi) is 6.28. The van der Waals surface area contributed by atoms with E-state index in [1.165, 1.54) is 10.2 Å². The fourth-order valence-electron chi connectivity index (χ4n) is 2.61. The molecule has 1 saturated heterocycles. The fourth-order valence-corrected chi connectivity index (χ4v) is 2.61. The average Bonchev–Trinajstić information content (AvgIpc) is 3.07. The molecule has 0 saturated carbocycles. The number of carbonyl (C=O) groups is 2. The van der Waals surface area contributed by atoms with E-state index in [0.29, 0.717) is 0 Å². The molecule has 2 rings (SSSR count). The van der Waals surface area contributed by atoms with Gasteiger partial charge in [-0.05, 0) is 36.6 Å². The number of nitrogens with one attached hydrogen (secondary N) is 2. The largest absolute Gasteiger partial charge is 0.463 e. The zero-order valence-electron chi connectivity index (χ0n) is 14.5. The second kappa shape index (κ2) is 8.03. The lowest BCUT2D eigenvalue weighted by Crippen LogP contribution is -2.51. The molecule has 29 heavy (non-hydrogen) atoms. The van der Waals surface area contributed by atoms with Gasteiger partial charge in [-0.15, -0.1) is 0 Å². The maximum atomic E-state index is 12.9. The van der Waals surface area contributed by atoms with Gasteiger partial charge < -0.3 is 15.5 Å². The maximum absolute atomic E-state index is 12.9. The second-order valence-electron chi connectivity index (χ2n) is 6.39. The summed E-state index contributed by atoms with van der Waals surface area (Å²) >= 11 is 0. The minimum Gasteiger partial charge on any atom is -0.350 e. The van der Waals surface area contributed by atoms with Crippen molar-refractivity contribution in [1.29, 1.82) is 0 Å². The van der Waals surface area contributed by atoms with Crippen LogP contribution in [0.1, 0.15) is 12.0 Å². The SMILES string of the molecule is O=C(Nc1ccc(C(F)(F)F)cc1)N1CCC(CNC(=O)C(F)(F)C(F)(F)F)C1. The molecule has 1 aromatic rings. The summed E-state index contributed by atoms with van der Waals surface area (Å²) in [6.45, 7) is -0.401. The second-order valence-corrected chi connectivity index (χ2v) is 6.39. The summed E-state index contributed by atoms with van der Waals surface area (Å²) in [6.07, 6.45) is -10.3. The first-order valence-corrected chi connectivity index (χ1v) is 8.18. The lowest BCUT2D eigenvalue weighted by atomic mass is 10.1. The van der Waals surface area contributed by atoms with Gasteiger partial charge in [-0.1, -0.05) is 0 Å². The van der Waals surface area contributed by atoms with Crippen molar-refractivity contribution in [3.8, 4) is 0 Å². The fraction of sp³-hybridized carbons (Fsp3) is 0.500. The van der Waals surface area contributed by atoms with Crippen molar-refractivity contribution in [2.45, 2.75) is 24.7 Å². The Morgan fingerprint density at radius 1 is 1.00 bits per heavy atom. The number of anilines is 1. The van der Waals surface area contributed by atoms with Crippen LogP contribution in [0.5, 0.6) is 0 Å². The van der Waals surface area contributed by atoms with Crippen molar-refractivity contribution in [1.82, 2.24) is 10.2 Å². The van der Waals surface area contributed by atoms with Gasteiger partial charge in [0.2, 0.25) is 0 Å². The number of benzene rings is 1. The van der Waals surface area contributed by atoms with E-state index in [9.17, 15) is 44.7 Å². The topological polar surface area (TPSA) is 61.4 Å². The van der Waals surface area contributed by atoms with Crippen molar-refractivity contribution in [3.05, 3.63) is 29.8 Å². The molecule has 0 bridgehead atoms. The van der Waals surface area contributed by atoms with Gasteiger partial charge in [-0.25, -0.2) is 4.79 Å². The third kappa shape index (κ3) is 5.48. The first kappa shape index (κ1) is 22.7. The van der Waals surface area contributed by atoms with Gasteiger partial charge in [0.05, 0.1) is 5.56 Å². The number of alkyl halides is 8. The van der Waals surface area contributed by atoms with E-state index in [1.807, 2.05) is 0 Å². The van der Waals surface area contributed by atoms with Crippen molar-refractivity contribution >= 4 is 17.6 Å². The molecule has 13 heteroatoms. The highest BCUT2D eigenvalue weighted by Gasteiger charge is 2.63. The van der Waals surface area contributed by atoms with Gasteiger partial charge >= 0.3 is 24.3 Å². The first-order chi connectivity index (χ1) is 13.2. The van der Waals surface area contributed by atoms with Crippen molar-refractivity contribution < 1.29 is 44.7 Å². The number of halogens is 8. The standard InChI is InChI=1S/C16H15F8N3O2/c17-14(18,16(22,23)24)12(28)25-7-9-5-6-27(8-9)13(29)26-11-3-1-10(2-4-11)15(19,20)21/h1-4,9H,5-8H2,(H,25,28)(H,26,29). The molecule has 2 N–H and O–H groups in total. The van der Waals surface area contributed by atoms with Crippen LogP contribution < -0.4 is 10.6 Å². The number of hydrogen-bond acceptors (Lipinski definition) is 2. The number of carbonyl (C=O) groups excluding carboxylic acids is 2. The molecule has 0 aromatic heterocycles.